The molecule has 0 fully saturated rings. The van der Waals surface area contributed by atoms with Crippen LogP contribution in [0.3, 0.4) is 0 Å². The molecule has 9 heterocycles. The fourth-order valence-corrected chi connectivity index (χ4v) is 15.5. The van der Waals surface area contributed by atoms with Crippen molar-refractivity contribution in [3.8, 4) is 32.3 Å². The van der Waals surface area contributed by atoms with Crippen molar-refractivity contribution in [1.82, 2.24) is 42.4 Å². The number of nitrogens with zero attached hydrogens (tertiary/aromatic N) is 9. The van der Waals surface area contributed by atoms with Crippen LogP contribution in [-0.2, 0) is 64.8 Å². The summed E-state index contributed by atoms with van der Waals surface area (Å²) < 4.78 is 154. The van der Waals surface area contributed by atoms with E-state index in [1.54, 1.807) is 112 Å². The predicted molar refractivity (Wildman–Crippen MR) is 386 cm³/mol. The Morgan fingerprint density at radius 2 is 0.631 bits per heavy atom. The van der Waals surface area contributed by atoms with Crippen LogP contribution in [-0.4, -0.2) is 114 Å². The van der Waals surface area contributed by atoms with Crippen molar-refractivity contribution in [2.75, 3.05) is 19.8 Å². The number of aliphatic carboxylic acids is 3. The van der Waals surface area contributed by atoms with Gasteiger partial charge < -0.3 is 42.8 Å². The normalized spacial score (nSPS) is 13.2. The van der Waals surface area contributed by atoms with Crippen LogP contribution >= 0.6 is 34.0 Å². The summed E-state index contributed by atoms with van der Waals surface area (Å²) in [7, 11) is 0. The molecule has 588 valence electrons. The number of ether oxygens (including phenoxy) is 3. The second-order valence-corrected chi connectivity index (χ2v) is 29.4. The van der Waals surface area contributed by atoms with Crippen LogP contribution in [0.4, 0.5) is 39.5 Å². The third-order valence-corrected chi connectivity index (χ3v) is 21.6. The molecule has 39 heteroatoms. The zero-order valence-electron chi connectivity index (χ0n) is 59.7. The van der Waals surface area contributed by atoms with Gasteiger partial charge in [-0.25, -0.2) is 57.4 Å². The Hall–Kier alpha value is -11.1. The average Bonchev–Trinajstić information content (AvgIpc) is 1.72. The molecule has 3 N–H and O–H groups in total. The summed E-state index contributed by atoms with van der Waals surface area (Å²) in [5, 5.41) is 29.5. The minimum atomic E-state index is -4.63. The van der Waals surface area contributed by atoms with E-state index in [1.807, 2.05) is 0 Å². The molecular weight excluding hydrogens is 1550 g/mol. The van der Waals surface area contributed by atoms with Gasteiger partial charge in [0, 0.05) is 0 Å². The third kappa shape index (κ3) is 17.3. The molecule has 3 atom stereocenters. The highest BCUT2D eigenvalue weighted by Crippen LogP contribution is 2.41. The van der Waals surface area contributed by atoms with Gasteiger partial charge in [0.05, 0.1) is 69.0 Å². The lowest BCUT2D eigenvalue weighted by Crippen LogP contribution is -2.52. The largest absolute Gasteiger partial charge is 0.480 e. The Balaban J connectivity index is 0.000000177. The Morgan fingerprint density at radius 3 is 0.820 bits per heavy atom. The Kier molecular flexibility index (Phi) is 23.8. The molecule has 9 aromatic heterocycles. The van der Waals surface area contributed by atoms with Crippen LogP contribution in [0, 0.1) is 20.8 Å². The zero-order chi connectivity index (χ0) is 81.4. The Labute approximate surface area is 630 Å². The number of oxazole rings is 3. The molecule has 12 rings (SSSR count). The van der Waals surface area contributed by atoms with Gasteiger partial charge in [-0.15, -0.1) is 34.0 Å². The summed E-state index contributed by atoms with van der Waals surface area (Å²) in [5.41, 5.74) is -9.15. The fraction of sp³-hybridized carbons (Fsp3) is 0.333. The topological polar surface area (TPSA) is 350 Å². The van der Waals surface area contributed by atoms with Crippen LogP contribution < -0.4 is 33.7 Å². The van der Waals surface area contributed by atoms with Crippen molar-refractivity contribution in [3.63, 3.8) is 0 Å². The number of aromatic nitrogens is 9. The molecule has 3 aromatic carbocycles. The number of hydrogen-bond acceptors (Lipinski definition) is 21. The minimum absolute atomic E-state index is 0.0368. The van der Waals surface area contributed by atoms with Gasteiger partial charge in [-0.3, -0.25) is 28.1 Å². The van der Waals surface area contributed by atoms with Gasteiger partial charge >= 0.3 is 53.5 Å². The standard InChI is InChI=1S/3C24H22F3N3O6S/c3*1-13-16-19(31)30(23(2,3)21(32)33)22(34)29(20(16)37-17(13)18-28-9-10-35-18)11-15(36-12-24(25,26)27)14-7-5-4-6-8-14/h3*4-10,15H,11-12H2,1-3H3,(H,32,33)/t2*15-;/m10./s1. The SMILES string of the molecule is Cc1c(-c2ncco2)sc2c1c(=O)n(C(C)(C)C(=O)O)c(=O)n2CC(OCC(F)(F)F)c1ccccc1.Cc1c(-c2ncco2)sc2c1c(=O)n(C(C)(C)C(=O)O)c(=O)n2C[C@@H](OCC(F)(F)F)c1ccccc1.Cc1c(-c2ncco2)sc2c1c(=O)n(C(C)(C)C(=O)O)c(=O)n2C[C@H](OCC(F)(F)F)c1ccccc1. The molecule has 0 aliphatic rings. The van der Waals surface area contributed by atoms with Crippen LogP contribution in [0.2, 0.25) is 0 Å². The molecule has 1 unspecified atom stereocenters. The lowest BCUT2D eigenvalue weighted by atomic mass is 10.1. The number of halogens is 9. The lowest BCUT2D eigenvalue weighted by Gasteiger charge is -2.25. The summed E-state index contributed by atoms with van der Waals surface area (Å²) >= 11 is 2.98. The highest BCUT2D eigenvalue weighted by molar-refractivity contribution is 7.22. The molecule has 0 amide bonds. The second kappa shape index (κ2) is 32.1. The van der Waals surface area contributed by atoms with Gasteiger partial charge in [-0.2, -0.15) is 39.5 Å². The van der Waals surface area contributed by atoms with Gasteiger partial charge in [0.15, 0.2) is 0 Å². The number of aryl methyl sites for hydroxylation is 3. The number of thiophene rings is 3. The van der Waals surface area contributed by atoms with Crippen molar-refractivity contribution >= 4 is 82.6 Å². The number of alkyl halides is 9. The molecule has 12 aromatic rings. The molecule has 0 aliphatic carbocycles. The number of carboxylic acids is 3. The number of carbonyl (C=O) groups is 3. The fourth-order valence-electron chi connectivity index (χ4n) is 11.8. The van der Waals surface area contributed by atoms with E-state index in [2.05, 4.69) is 15.0 Å². The van der Waals surface area contributed by atoms with E-state index >= 15 is 0 Å². The van der Waals surface area contributed by atoms with Crippen LogP contribution in [0.25, 0.3) is 63.0 Å². The van der Waals surface area contributed by atoms with E-state index in [9.17, 15) is 98.0 Å². The molecule has 0 aliphatic heterocycles. The van der Waals surface area contributed by atoms with E-state index < -0.39 is 145 Å². The van der Waals surface area contributed by atoms with E-state index in [-0.39, 0.29) is 48.3 Å². The number of rotatable bonds is 24. The van der Waals surface area contributed by atoms with E-state index in [4.69, 9.17) is 27.5 Å². The minimum Gasteiger partial charge on any atom is -0.480 e. The molecule has 0 saturated heterocycles. The highest BCUT2D eigenvalue weighted by Gasteiger charge is 2.41. The number of fused-ring (bicyclic) bond motifs is 3. The first-order valence-electron chi connectivity index (χ1n) is 33.0. The van der Waals surface area contributed by atoms with Crippen molar-refractivity contribution in [3.05, 3.63) is 224 Å². The molecule has 0 bridgehead atoms. The molecule has 0 spiro atoms. The number of carboxylic acid groups (broad SMARTS) is 3. The maximum absolute atomic E-state index is 13.7. The van der Waals surface area contributed by atoms with Crippen molar-refractivity contribution in [2.45, 2.75) is 135 Å². The predicted octanol–water partition coefficient (Wildman–Crippen LogP) is 13.0. The third-order valence-electron chi connectivity index (χ3n) is 17.7. The molecule has 0 radical (unpaired) electrons. The summed E-state index contributed by atoms with van der Waals surface area (Å²) in [6.45, 7) is 5.98. The molecule has 0 saturated carbocycles. The molecular formula is C72H66F9N9O18S3. The smallest absolute Gasteiger partial charge is 0.411 e. The number of hydrogen-bond donors (Lipinski definition) is 3. The van der Waals surface area contributed by atoms with Crippen molar-refractivity contribution in [2.24, 2.45) is 0 Å². The van der Waals surface area contributed by atoms with E-state index in [1.165, 1.54) is 78.9 Å². The van der Waals surface area contributed by atoms with E-state index in [0.717, 1.165) is 47.7 Å². The Bertz CT molecular complexity index is 5220. The first kappa shape index (κ1) is 82.4. The second-order valence-electron chi connectivity index (χ2n) is 26.4. The summed E-state index contributed by atoms with van der Waals surface area (Å²) in [4.78, 5) is 132. The highest BCUT2D eigenvalue weighted by atomic mass is 32.1. The Morgan fingerprint density at radius 1 is 0.405 bits per heavy atom. The first-order valence-corrected chi connectivity index (χ1v) is 35.4. The van der Waals surface area contributed by atoms with Crippen molar-refractivity contribution in [1.29, 1.82) is 0 Å². The molecule has 111 heavy (non-hydrogen) atoms. The van der Waals surface area contributed by atoms with Gasteiger partial charge in [0.25, 0.3) is 16.7 Å². The lowest BCUT2D eigenvalue weighted by molar-refractivity contribution is -0.188. The monoisotopic (exact) mass is 1610 g/mol. The van der Waals surface area contributed by atoms with Crippen molar-refractivity contribution < 1.29 is 96.7 Å². The average molecular weight is 1610 g/mol. The first-order chi connectivity index (χ1) is 52.0. The molecule has 27 nitrogen and oxygen atoms in total. The van der Waals surface area contributed by atoms with Crippen LogP contribution in [0.15, 0.2) is 170 Å². The summed E-state index contributed by atoms with van der Waals surface area (Å²) in [6.07, 6.45) is -9.44. The van der Waals surface area contributed by atoms with Gasteiger partial charge in [0.1, 0.15) is 88.0 Å². The maximum Gasteiger partial charge on any atom is 0.411 e. The van der Waals surface area contributed by atoms with Gasteiger partial charge in [-0.05, 0) is 95.7 Å². The number of benzene rings is 3. The summed E-state index contributed by atoms with van der Waals surface area (Å²) in [6, 6.07) is 24.0. The quantitative estimate of drug-likeness (QED) is 0.0473. The van der Waals surface area contributed by atoms with Crippen LogP contribution in [0.5, 0.6) is 0 Å². The van der Waals surface area contributed by atoms with Gasteiger partial charge in [0.2, 0.25) is 17.7 Å². The maximum atomic E-state index is 13.7. The summed E-state index contributed by atoms with van der Waals surface area (Å²) in [5.74, 6) is -3.79. The zero-order valence-corrected chi connectivity index (χ0v) is 62.2. The van der Waals surface area contributed by atoms with Gasteiger partial charge in [-0.1, -0.05) is 91.0 Å². The van der Waals surface area contributed by atoms with Crippen LogP contribution in [0.1, 0.15) is 93.2 Å². The van der Waals surface area contributed by atoms with E-state index in [0.29, 0.717) is 61.7 Å².